The average Bonchev–Trinajstić information content (AvgIpc) is 3.53. The minimum atomic E-state index is -0.899. The van der Waals surface area contributed by atoms with E-state index in [-0.39, 0.29) is 47.1 Å². The molecule has 4 atom stereocenters. The van der Waals surface area contributed by atoms with Gasteiger partial charge in [-0.15, -0.1) is 0 Å². The van der Waals surface area contributed by atoms with E-state index in [0.29, 0.717) is 46.9 Å². The molecule has 0 aliphatic carbocycles. The molecule has 0 amide bonds. The van der Waals surface area contributed by atoms with E-state index in [0.717, 1.165) is 50.9 Å². The van der Waals surface area contributed by atoms with Gasteiger partial charge in [0.05, 0.1) is 5.54 Å². The highest BCUT2D eigenvalue weighted by Crippen LogP contribution is 2.45. The predicted octanol–water partition coefficient (Wildman–Crippen LogP) is 6.54. The van der Waals surface area contributed by atoms with Gasteiger partial charge in [-0.25, -0.2) is 13.2 Å². The molecule has 8 rings (SSSR count). The van der Waals surface area contributed by atoms with Gasteiger partial charge >= 0.3 is 6.01 Å². The van der Waals surface area contributed by atoms with Crippen LogP contribution in [-0.2, 0) is 6.42 Å². The van der Waals surface area contributed by atoms with Crippen LogP contribution in [0.25, 0.3) is 38.9 Å². The van der Waals surface area contributed by atoms with Crippen LogP contribution in [0.3, 0.4) is 0 Å². The molecule has 7 nitrogen and oxygen atoms in total. The van der Waals surface area contributed by atoms with Gasteiger partial charge in [0.1, 0.15) is 35.7 Å². The highest BCUT2D eigenvalue weighted by Gasteiger charge is 2.49. The molecule has 1 aromatic heterocycles. The Morgan fingerprint density at radius 2 is 2.02 bits per heavy atom. The molecule has 0 radical (unpaired) electrons. The van der Waals surface area contributed by atoms with Crippen LogP contribution in [0.5, 0.6) is 11.8 Å². The summed E-state index contributed by atoms with van der Waals surface area (Å²) in [7, 11) is 0. The number of hydrogen-bond acceptors (Lipinski definition) is 7. The van der Waals surface area contributed by atoms with Gasteiger partial charge < -0.3 is 20.1 Å². The quantitative estimate of drug-likeness (QED) is 0.251. The Morgan fingerprint density at radius 1 is 1.15 bits per heavy atom. The van der Waals surface area contributed by atoms with Gasteiger partial charge in [-0.05, 0) is 79.4 Å². The summed E-state index contributed by atoms with van der Waals surface area (Å²) in [6.45, 7) is 8.92. The Balaban J connectivity index is 1.33. The number of ether oxygens (including phenoxy) is 1. The van der Waals surface area contributed by atoms with Crippen molar-refractivity contribution >= 4 is 33.6 Å². The number of fused-ring (bicyclic) bond motifs is 4. The first-order chi connectivity index (χ1) is 22.3. The van der Waals surface area contributed by atoms with Crippen LogP contribution < -0.4 is 15.0 Å². The first-order valence-electron chi connectivity index (χ1n) is 16.4. The highest BCUT2D eigenvalue weighted by atomic mass is 19.1. The molecule has 0 bridgehead atoms. The van der Waals surface area contributed by atoms with Crippen molar-refractivity contribution in [1.29, 1.82) is 0 Å². The number of phenols is 1. The summed E-state index contributed by atoms with van der Waals surface area (Å²) in [5.41, 5.74) is 1.42. The van der Waals surface area contributed by atoms with Crippen LogP contribution in [0.1, 0.15) is 50.2 Å². The van der Waals surface area contributed by atoms with Crippen molar-refractivity contribution in [2.75, 3.05) is 37.7 Å². The van der Waals surface area contributed by atoms with E-state index in [4.69, 9.17) is 14.7 Å². The Kier molecular flexibility index (Phi) is 7.14. The predicted molar refractivity (Wildman–Crippen MR) is 174 cm³/mol. The molecule has 240 valence electrons. The Morgan fingerprint density at radius 3 is 2.85 bits per heavy atom. The van der Waals surface area contributed by atoms with Crippen molar-refractivity contribution in [2.45, 2.75) is 69.2 Å². The molecule has 3 saturated heterocycles. The summed E-state index contributed by atoms with van der Waals surface area (Å²) >= 11 is 0. The van der Waals surface area contributed by atoms with Crippen molar-refractivity contribution in [2.24, 2.45) is 0 Å². The molecule has 5 heterocycles. The second kappa shape index (κ2) is 11.1. The topological polar surface area (TPSA) is 73.8 Å². The van der Waals surface area contributed by atoms with Gasteiger partial charge in [0.25, 0.3) is 0 Å². The van der Waals surface area contributed by atoms with Crippen LogP contribution in [0, 0.1) is 11.6 Å². The van der Waals surface area contributed by atoms with Crippen LogP contribution >= 0.6 is 0 Å². The zero-order valence-corrected chi connectivity index (χ0v) is 26.0. The molecule has 4 aromatic rings. The lowest BCUT2D eigenvalue weighted by Crippen LogP contribution is -2.56. The number of phenolic OH excluding ortho intramolecular Hbond substituents is 1. The molecule has 0 saturated carbocycles. The summed E-state index contributed by atoms with van der Waals surface area (Å²) in [6, 6.07) is 8.20. The zero-order chi connectivity index (χ0) is 31.7. The number of aromatic hydroxyl groups is 1. The van der Waals surface area contributed by atoms with Gasteiger partial charge in [-0.3, -0.25) is 4.90 Å². The number of halogens is 3. The third-order valence-electron chi connectivity index (χ3n) is 10.8. The highest BCUT2D eigenvalue weighted by molar-refractivity contribution is 6.06. The minimum Gasteiger partial charge on any atom is -0.508 e. The summed E-state index contributed by atoms with van der Waals surface area (Å²) in [6.07, 6.45) is 5.16. The summed E-state index contributed by atoms with van der Waals surface area (Å²) < 4.78 is 53.0. The maximum Gasteiger partial charge on any atom is 0.319 e. The van der Waals surface area contributed by atoms with Crippen molar-refractivity contribution in [3.05, 3.63) is 59.7 Å². The minimum absolute atomic E-state index is 0.0567. The van der Waals surface area contributed by atoms with E-state index in [1.165, 1.54) is 24.3 Å². The van der Waals surface area contributed by atoms with Gasteiger partial charge in [-0.2, -0.15) is 9.97 Å². The number of alkyl halides is 1. The molecule has 4 aliphatic rings. The lowest BCUT2D eigenvalue weighted by molar-refractivity contribution is 0.107. The maximum atomic E-state index is 17.1. The molecular weight excluding hydrogens is 591 g/mol. The van der Waals surface area contributed by atoms with Crippen LogP contribution in [0.4, 0.5) is 19.0 Å². The number of aryl methyl sites for hydroxylation is 1. The molecule has 0 unspecified atom stereocenters. The van der Waals surface area contributed by atoms with Crippen molar-refractivity contribution < 1.29 is 23.0 Å². The van der Waals surface area contributed by atoms with Crippen LogP contribution in [0.15, 0.2) is 36.9 Å². The molecular formula is C36H38F3N5O2. The Bertz CT molecular complexity index is 1880. The number of rotatable bonds is 6. The van der Waals surface area contributed by atoms with E-state index in [1.807, 2.05) is 6.07 Å². The van der Waals surface area contributed by atoms with Gasteiger partial charge in [0.2, 0.25) is 0 Å². The lowest BCUT2D eigenvalue weighted by atomic mass is 9.90. The standard InChI is InChI=1S/C36H38F3N5O2/c1-3-23-18-44-24(16-40-23)8-6-21-13-28(27-14-25(45)12-20-7-9-29(38)26(4-2)30(20)27)32(39)33-31(21)34(44)42-35(41-33)46-19-36-10-5-11-43(36)17-22(37)15-36/h4,7,9,12-14,22-24,40,45H,2-3,5-6,8,10-11,15-19H2,1H3/t22-,23-,24-,36+/m1/s1. The molecule has 4 aliphatic heterocycles. The molecule has 0 spiro atoms. The third-order valence-corrected chi connectivity index (χ3v) is 10.8. The number of nitrogens with one attached hydrogen (secondary N) is 1. The van der Waals surface area contributed by atoms with E-state index in [1.54, 1.807) is 6.07 Å². The summed E-state index contributed by atoms with van der Waals surface area (Å²) in [5, 5.41) is 16.0. The number of hydrogen-bond donors (Lipinski definition) is 2. The molecule has 3 fully saturated rings. The fourth-order valence-electron chi connectivity index (χ4n) is 8.48. The largest absolute Gasteiger partial charge is 0.508 e. The second-order valence-electron chi connectivity index (χ2n) is 13.4. The average molecular weight is 630 g/mol. The number of benzene rings is 3. The Labute approximate surface area is 266 Å². The van der Waals surface area contributed by atoms with Crippen LogP contribution in [0.2, 0.25) is 0 Å². The van der Waals surface area contributed by atoms with Crippen molar-refractivity contribution in [1.82, 2.24) is 20.2 Å². The number of piperazine rings is 1. The smallest absolute Gasteiger partial charge is 0.319 e. The fourth-order valence-corrected chi connectivity index (χ4v) is 8.48. The maximum absolute atomic E-state index is 17.1. The van der Waals surface area contributed by atoms with Crippen molar-refractivity contribution in [3.8, 4) is 22.9 Å². The number of anilines is 1. The van der Waals surface area contributed by atoms with E-state index in [9.17, 15) is 9.50 Å². The number of aromatic nitrogens is 2. The first-order valence-corrected chi connectivity index (χ1v) is 16.4. The third kappa shape index (κ3) is 4.63. The first kappa shape index (κ1) is 29.5. The summed E-state index contributed by atoms with van der Waals surface area (Å²) in [4.78, 5) is 14.1. The van der Waals surface area contributed by atoms with Gasteiger partial charge in [0.15, 0.2) is 5.82 Å². The monoisotopic (exact) mass is 629 g/mol. The fraction of sp³-hybridized carbons (Fsp3) is 0.444. The van der Waals surface area contributed by atoms with E-state index in [2.05, 4.69) is 28.6 Å². The van der Waals surface area contributed by atoms with Gasteiger partial charge in [0, 0.05) is 60.0 Å². The van der Waals surface area contributed by atoms with Crippen molar-refractivity contribution in [3.63, 3.8) is 0 Å². The molecule has 10 heteroatoms. The molecule has 3 aromatic carbocycles. The van der Waals surface area contributed by atoms with Gasteiger partial charge in [-0.1, -0.05) is 25.6 Å². The van der Waals surface area contributed by atoms with Crippen LogP contribution in [-0.4, -0.2) is 76.6 Å². The normalized spacial score (nSPS) is 25.9. The summed E-state index contributed by atoms with van der Waals surface area (Å²) in [5.74, 6) is -0.480. The SMILES string of the molecule is C=Cc1c(F)ccc2cc(O)cc(-c3cc4c5c(nc(OC[C@@]67CCCN6C[C@H](F)C7)nc5c3F)N3C[C@@H](CC)NC[C@H]3CC4)c12. The molecule has 46 heavy (non-hydrogen) atoms. The Hall–Kier alpha value is -3.89. The second-order valence-corrected chi connectivity index (χ2v) is 13.4. The number of nitrogens with zero attached hydrogens (tertiary/aromatic N) is 4. The lowest BCUT2D eigenvalue weighted by Gasteiger charge is -2.40. The zero-order valence-electron chi connectivity index (χ0n) is 26.0. The van der Waals surface area contributed by atoms with E-state index < -0.39 is 23.3 Å². The molecule has 2 N–H and O–H groups in total. The van der Waals surface area contributed by atoms with E-state index >= 15 is 8.78 Å².